The maximum absolute atomic E-state index is 14.3. The lowest BCUT2D eigenvalue weighted by atomic mass is 9.81. The lowest BCUT2D eigenvalue weighted by Crippen LogP contribution is -2.45. The summed E-state index contributed by atoms with van der Waals surface area (Å²) in [5.74, 6) is 1.37. The minimum absolute atomic E-state index is 0.00836. The molecule has 1 saturated heterocycles. The summed E-state index contributed by atoms with van der Waals surface area (Å²) in [6.07, 6.45) is 9.96. The normalized spacial score (nSPS) is 18.4. The minimum Gasteiger partial charge on any atom is -0.492 e. The SMILES string of the molecule is CCOc1cc([C@H](C)N2CC3(CC3)c3c(CN4CCCC4)cc(Cn4ccnc4NC)cc3C2=O)ncc1C#N. The summed E-state index contributed by atoms with van der Waals surface area (Å²) in [5, 5.41) is 12.6. The first-order valence-electron chi connectivity index (χ1n) is 14.4. The van der Waals surface area contributed by atoms with Crippen molar-refractivity contribution in [1.82, 2.24) is 24.3 Å². The molecule has 1 aromatic carbocycles. The van der Waals surface area contributed by atoms with Crippen LogP contribution >= 0.6 is 0 Å². The molecule has 0 unspecified atom stereocenters. The molecule has 1 amide bonds. The zero-order chi connectivity index (χ0) is 27.9. The van der Waals surface area contributed by atoms with Crippen molar-refractivity contribution in [2.75, 3.05) is 38.6 Å². The number of fused-ring (bicyclic) bond motifs is 2. The molecule has 1 saturated carbocycles. The summed E-state index contributed by atoms with van der Waals surface area (Å²) in [6.45, 7) is 8.82. The summed E-state index contributed by atoms with van der Waals surface area (Å²) in [4.78, 5) is 27.8. The number of nitrogens with zero attached hydrogens (tertiary/aromatic N) is 6. The van der Waals surface area contributed by atoms with Gasteiger partial charge in [0.05, 0.1) is 24.9 Å². The molecule has 40 heavy (non-hydrogen) atoms. The number of imidazole rings is 1. The number of nitriles is 1. The number of amides is 1. The van der Waals surface area contributed by atoms with E-state index in [1.807, 2.05) is 38.1 Å². The fraction of sp³-hybridized carbons (Fsp3) is 0.484. The summed E-state index contributed by atoms with van der Waals surface area (Å²) in [7, 11) is 1.87. The van der Waals surface area contributed by atoms with E-state index in [0.29, 0.717) is 31.0 Å². The smallest absolute Gasteiger partial charge is 0.254 e. The van der Waals surface area contributed by atoms with Gasteiger partial charge in [-0.2, -0.15) is 5.26 Å². The van der Waals surface area contributed by atoms with Crippen LogP contribution in [0.5, 0.6) is 5.75 Å². The zero-order valence-electron chi connectivity index (χ0n) is 23.6. The van der Waals surface area contributed by atoms with Crippen LogP contribution in [-0.2, 0) is 18.5 Å². The molecular weight excluding hydrogens is 502 g/mol. The number of carbonyl (C=O) groups excluding carboxylic acids is 1. The van der Waals surface area contributed by atoms with Crippen molar-refractivity contribution in [1.29, 1.82) is 5.26 Å². The summed E-state index contributed by atoms with van der Waals surface area (Å²) < 4.78 is 7.80. The lowest BCUT2D eigenvalue weighted by Gasteiger charge is -2.40. The van der Waals surface area contributed by atoms with Gasteiger partial charge in [0.2, 0.25) is 5.95 Å². The second-order valence-electron chi connectivity index (χ2n) is 11.3. The average molecular weight is 540 g/mol. The van der Waals surface area contributed by atoms with Crippen LogP contribution in [0.1, 0.15) is 83.9 Å². The van der Waals surface area contributed by atoms with Gasteiger partial charge in [0, 0.05) is 55.8 Å². The number of likely N-dealkylation sites (tertiary alicyclic amines) is 1. The maximum atomic E-state index is 14.3. The second kappa shape index (κ2) is 10.6. The van der Waals surface area contributed by atoms with Gasteiger partial charge in [0.1, 0.15) is 17.4 Å². The summed E-state index contributed by atoms with van der Waals surface area (Å²) in [6, 6.07) is 8.17. The molecule has 0 radical (unpaired) electrons. The van der Waals surface area contributed by atoms with Gasteiger partial charge in [-0.1, -0.05) is 6.07 Å². The number of aromatic nitrogens is 3. The molecule has 1 aliphatic carbocycles. The van der Waals surface area contributed by atoms with Crippen molar-refractivity contribution in [3.8, 4) is 11.8 Å². The number of carbonyl (C=O) groups is 1. The van der Waals surface area contributed by atoms with Gasteiger partial charge in [0.25, 0.3) is 5.91 Å². The van der Waals surface area contributed by atoms with E-state index < -0.39 is 0 Å². The van der Waals surface area contributed by atoms with Crippen LogP contribution in [0.2, 0.25) is 0 Å². The van der Waals surface area contributed by atoms with Gasteiger partial charge in [-0.3, -0.25) is 14.7 Å². The Bertz CT molecular complexity index is 1460. The van der Waals surface area contributed by atoms with Gasteiger partial charge in [-0.05, 0) is 75.4 Å². The molecule has 1 spiro atoms. The number of pyridine rings is 1. The molecule has 4 heterocycles. The first kappa shape index (κ1) is 26.3. The fourth-order valence-corrected chi connectivity index (χ4v) is 6.52. The third-order valence-electron chi connectivity index (χ3n) is 8.72. The number of ether oxygens (including phenoxy) is 1. The molecule has 6 rings (SSSR count). The average Bonchev–Trinajstić information content (AvgIpc) is 3.30. The first-order valence-corrected chi connectivity index (χ1v) is 14.4. The molecule has 2 fully saturated rings. The lowest BCUT2D eigenvalue weighted by molar-refractivity contribution is 0.0633. The minimum atomic E-state index is -0.250. The zero-order valence-corrected chi connectivity index (χ0v) is 23.6. The highest BCUT2D eigenvalue weighted by molar-refractivity contribution is 5.99. The Balaban J connectivity index is 1.40. The van der Waals surface area contributed by atoms with Crippen LogP contribution in [0.25, 0.3) is 0 Å². The molecule has 3 aliphatic rings. The highest BCUT2D eigenvalue weighted by Crippen LogP contribution is 2.55. The third-order valence-corrected chi connectivity index (χ3v) is 8.72. The quantitative estimate of drug-likeness (QED) is 0.428. The Labute approximate surface area is 235 Å². The Morgan fingerprint density at radius 3 is 2.67 bits per heavy atom. The molecule has 9 heteroatoms. The molecule has 1 atom stereocenters. The number of rotatable bonds is 9. The van der Waals surface area contributed by atoms with Gasteiger partial charge in [-0.15, -0.1) is 0 Å². The molecule has 2 aromatic heterocycles. The second-order valence-corrected chi connectivity index (χ2v) is 11.3. The Morgan fingerprint density at radius 1 is 1.18 bits per heavy atom. The van der Waals surface area contributed by atoms with Crippen molar-refractivity contribution in [3.05, 3.63) is 70.3 Å². The van der Waals surface area contributed by atoms with Gasteiger partial charge >= 0.3 is 0 Å². The number of anilines is 1. The Hall–Kier alpha value is -3.90. The molecule has 0 bridgehead atoms. The van der Waals surface area contributed by atoms with E-state index in [0.717, 1.165) is 55.2 Å². The van der Waals surface area contributed by atoms with Crippen molar-refractivity contribution >= 4 is 11.9 Å². The predicted octanol–water partition coefficient (Wildman–Crippen LogP) is 4.48. The molecule has 3 aromatic rings. The predicted molar refractivity (Wildman–Crippen MR) is 152 cm³/mol. The monoisotopic (exact) mass is 539 g/mol. The van der Waals surface area contributed by atoms with Crippen LogP contribution < -0.4 is 10.1 Å². The van der Waals surface area contributed by atoms with Gasteiger partial charge in [0.15, 0.2) is 0 Å². The molecular formula is C31H37N7O2. The van der Waals surface area contributed by atoms with Crippen molar-refractivity contribution < 1.29 is 9.53 Å². The van der Waals surface area contributed by atoms with E-state index in [-0.39, 0.29) is 17.4 Å². The van der Waals surface area contributed by atoms with E-state index >= 15 is 0 Å². The van der Waals surface area contributed by atoms with E-state index in [4.69, 9.17) is 4.74 Å². The number of nitrogens with one attached hydrogen (secondary N) is 1. The molecule has 2 aliphatic heterocycles. The Kier molecular flexibility index (Phi) is 6.97. The Morgan fingerprint density at radius 2 is 1.98 bits per heavy atom. The summed E-state index contributed by atoms with van der Waals surface area (Å²) in [5.41, 5.74) is 5.63. The molecule has 208 valence electrons. The number of hydrogen-bond acceptors (Lipinski definition) is 7. The van der Waals surface area contributed by atoms with Gasteiger partial charge < -0.3 is 19.5 Å². The van der Waals surface area contributed by atoms with Crippen LogP contribution in [0.15, 0.2) is 36.8 Å². The molecule has 1 N–H and O–H groups in total. The van der Waals surface area contributed by atoms with Crippen molar-refractivity contribution in [2.45, 2.75) is 64.1 Å². The van der Waals surface area contributed by atoms with Crippen LogP contribution in [0, 0.1) is 11.3 Å². The van der Waals surface area contributed by atoms with E-state index in [2.05, 4.69) is 43.0 Å². The standard InChI is InChI=1S/C31H37N7O2/c1-4-40-27-15-26(35-17-24(27)16-32)21(2)38-20-31(7-8-31)28-23(19-36-10-5-6-11-36)13-22(14-25(28)29(38)39)18-37-12-9-34-30(37)33-3/h9,12-15,17,21H,4-8,10-11,18-20H2,1-3H3,(H,33,34)/t21-/m0/s1. The van der Waals surface area contributed by atoms with E-state index in [9.17, 15) is 10.1 Å². The highest BCUT2D eigenvalue weighted by atomic mass is 16.5. The number of hydrogen-bond donors (Lipinski definition) is 1. The van der Waals surface area contributed by atoms with E-state index in [1.54, 1.807) is 12.4 Å². The topological polar surface area (TPSA) is 99.3 Å². The van der Waals surface area contributed by atoms with Crippen molar-refractivity contribution in [3.63, 3.8) is 0 Å². The van der Waals surface area contributed by atoms with Crippen molar-refractivity contribution in [2.24, 2.45) is 0 Å². The molecule has 9 nitrogen and oxygen atoms in total. The van der Waals surface area contributed by atoms with Crippen LogP contribution in [0.3, 0.4) is 0 Å². The number of benzene rings is 1. The van der Waals surface area contributed by atoms with E-state index in [1.165, 1.54) is 24.0 Å². The summed E-state index contributed by atoms with van der Waals surface area (Å²) >= 11 is 0. The van der Waals surface area contributed by atoms with Gasteiger partial charge in [-0.25, -0.2) is 4.98 Å². The first-order chi connectivity index (χ1) is 19.5. The largest absolute Gasteiger partial charge is 0.492 e. The fourth-order valence-electron chi connectivity index (χ4n) is 6.52. The third kappa shape index (κ3) is 4.71. The van der Waals surface area contributed by atoms with Crippen LogP contribution in [0.4, 0.5) is 5.95 Å². The maximum Gasteiger partial charge on any atom is 0.254 e. The van der Waals surface area contributed by atoms with Crippen LogP contribution in [-0.4, -0.2) is 63.5 Å². The highest BCUT2D eigenvalue weighted by Gasteiger charge is 2.53.